The van der Waals surface area contributed by atoms with Gasteiger partial charge in [0.15, 0.2) is 0 Å². The van der Waals surface area contributed by atoms with E-state index in [2.05, 4.69) is 36.7 Å². The van der Waals surface area contributed by atoms with Gasteiger partial charge in [0.25, 0.3) is 0 Å². The second kappa shape index (κ2) is 3.76. The van der Waals surface area contributed by atoms with Crippen molar-refractivity contribution in [3.8, 4) is 0 Å². The maximum Gasteiger partial charge on any atom is 0.0863 e. The average Bonchev–Trinajstić information content (AvgIpc) is 2.70. The highest BCUT2D eigenvalue weighted by molar-refractivity contribution is 7.98. The fourth-order valence-electron chi connectivity index (χ4n) is 2.89. The van der Waals surface area contributed by atoms with Gasteiger partial charge in [-0.1, -0.05) is 12.1 Å². The summed E-state index contributed by atoms with van der Waals surface area (Å²) in [5, 5.41) is 3.45. The molecule has 0 radical (unpaired) electrons. The molecule has 1 unspecified atom stereocenters. The molecule has 2 aliphatic rings. The summed E-state index contributed by atoms with van der Waals surface area (Å²) in [6.07, 6.45) is 2.14. The van der Waals surface area contributed by atoms with E-state index in [-0.39, 0.29) is 5.60 Å². The first-order valence-electron chi connectivity index (χ1n) is 5.75. The number of fused-ring (bicyclic) bond motifs is 3. The summed E-state index contributed by atoms with van der Waals surface area (Å²) >= 11 is 1.82. The van der Waals surface area contributed by atoms with Gasteiger partial charge in [-0.25, -0.2) is 0 Å². The van der Waals surface area contributed by atoms with Crippen LogP contribution in [0.5, 0.6) is 0 Å². The Balaban J connectivity index is 2.10. The van der Waals surface area contributed by atoms with E-state index in [4.69, 9.17) is 4.74 Å². The fraction of sp³-hybridized carbons (Fsp3) is 0.538. The van der Waals surface area contributed by atoms with E-state index in [9.17, 15) is 0 Å². The largest absolute Gasteiger partial charge is 0.369 e. The molecule has 0 saturated carbocycles. The normalized spacial score (nSPS) is 32.2. The predicted octanol–water partition coefficient (Wildman–Crippen LogP) is 2.38. The smallest absolute Gasteiger partial charge is 0.0863 e. The zero-order chi connectivity index (χ0) is 11.2. The van der Waals surface area contributed by atoms with Gasteiger partial charge in [-0.05, 0) is 30.4 Å². The molecule has 0 spiro atoms. The van der Waals surface area contributed by atoms with Crippen LogP contribution in [0.1, 0.15) is 24.0 Å². The van der Waals surface area contributed by atoms with Crippen LogP contribution in [-0.4, -0.2) is 24.9 Å². The third kappa shape index (κ3) is 1.42. The first-order valence-corrected chi connectivity index (χ1v) is 6.97. The number of hydrogen-bond donors (Lipinski definition) is 1. The second-order valence-corrected chi connectivity index (χ2v) is 5.66. The second-order valence-electron chi connectivity index (χ2n) is 4.81. The van der Waals surface area contributed by atoms with E-state index in [0.29, 0.717) is 5.92 Å². The van der Waals surface area contributed by atoms with Gasteiger partial charge in [-0.15, -0.1) is 11.8 Å². The average molecular weight is 235 g/mol. The van der Waals surface area contributed by atoms with Gasteiger partial charge in [-0.2, -0.15) is 0 Å². The van der Waals surface area contributed by atoms with Crippen molar-refractivity contribution in [1.82, 2.24) is 5.32 Å². The van der Waals surface area contributed by atoms with E-state index < -0.39 is 0 Å². The highest BCUT2D eigenvalue weighted by atomic mass is 32.2. The van der Waals surface area contributed by atoms with Gasteiger partial charge in [0.05, 0.1) is 12.2 Å². The summed E-state index contributed by atoms with van der Waals surface area (Å²) in [7, 11) is 0. The Kier molecular flexibility index (Phi) is 2.50. The van der Waals surface area contributed by atoms with Crippen LogP contribution < -0.4 is 5.32 Å². The van der Waals surface area contributed by atoms with Gasteiger partial charge >= 0.3 is 0 Å². The molecule has 3 heteroatoms. The molecule has 0 aliphatic carbocycles. The molecular weight excluding hydrogens is 218 g/mol. The molecule has 2 heterocycles. The highest BCUT2D eigenvalue weighted by Crippen LogP contribution is 2.43. The maximum atomic E-state index is 6.08. The minimum atomic E-state index is 0.00400. The number of benzene rings is 1. The summed E-state index contributed by atoms with van der Waals surface area (Å²) in [4.78, 5) is 1.37. The lowest BCUT2D eigenvalue weighted by Crippen LogP contribution is -2.39. The van der Waals surface area contributed by atoms with E-state index in [0.717, 1.165) is 19.7 Å². The number of rotatable bonds is 1. The quantitative estimate of drug-likeness (QED) is 0.755. The monoisotopic (exact) mass is 235 g/mol. The van der Waals surface area contributed by atoms with Gasteiger partial charge in [-0.3, -0.25) is 0 Å². The van der Waals surface area contributed by atoms with Crippen LogP contribution in [0.2, 0.25) is 0 Å². The molecule has 0 amide bonds. The van der Waals surface area contributed by atoms with Crippen LogP contribution in [0, 0.1) is 0 Å². The molecule has 0 aromatic heterocycles. The molecule has 16 heavy (non-hydrogen) atoms. The third-order valence-corrected chi connectivity index (χ3v) is 4.69. The number of thioether (sulfide) groups is 1. The van der Waals surface area contributed by atoms with Crippen LogP contribution in [-0.2, 0) is 11.3 Å². The molecule has 2 nitrogen and oxygen atoms in total. The first-order chi connectivity index (χ1) is 7.74. The van der Waals surface area contributed by atoms with Crippen LogP contribution >= 0.6 is 11.8 Å². The Bertz CT molecular complexity index is 420. The molecule has 3 rings (SSSR count). The molecule has 86 valence electrons. The molecule has 2 atom stereocenters. The minimum Gasteiger partial charge on any atom is -0.369 e. The highest BCUT2D eigenvalue weighted by Gasteiger charge is 2.44. The minimum absolute atomic E-state index is 0.00400. The standard InChI is InChI=1S/C13H17NOS/c1-13-8-14-6-11(13)9-4-3-5-12(16-2)10(9)7-15-13/h3-5,11,14H,6-8H2,1-2H3/t11-,13?/m0/s1. The number of hydrogen-bond acceptors (Lipinski definition) is 3. The van der Waals surface area contributed by atoms with Crippen molar-refractivity contribution in [3.63, 3.8) is 0 Å². The van der Waals surface area contributed by atoms with Crippen molar-refractivity contribution in [1.29, 1.82) is 0 Å². The van der Waals surface area contributed by atoms with Crippen molar-refractivity contribution in [3.05, 3.63) is 29.3 Å². The van der Waals surface area contributed by atoms with Crippen molar-refractivity contribution >= 4 is 11.8 Å². The molecule has 1 aromatic carbocycles. The van der Waals surface area contributed by atoms with Gasteiger partial charge < -0.3 is 10.1 Å². The molecule has 1 fully saturated rings. The maximum absolute atomic E-state index is 6.08. The Morgan fingerprint density at radius 3 is 3.19 bits per heavy atom. The van der Waals surface area contributed by atoms with Crippen LogP contribution in [0.3, 0.4) is 0 Å². The predicted molar refractivity (Wildman–Crippen MR) is 67.0 cm³/mol. The van der Waals surface area contributed by atoms with Gasteiger partial charge in [0, 0.05) is 23.9 Å². The first kappa shape index (κ1) is 10.6. The Hall–Kier alpha value is -0.510. The summed E-state index contributed by atoms with van der Waals surface area (Å²) in [6.45, 7) is 5.01. The fourth-order valence-corrected chi connectivity index (χ4v) is 3.52. The molecule has 2 aliphatic heterocycles. The number of nitrogens with one attached hydrogen (secondary N) is 1. The van der Waals surface area contributed by atoms with Crippen molar-refractivity contribution in [2.45, 2.75) is 29.9 Å². The summed E-state index contributed by atoms with van der Waals surface area (Å²) in [5.74, 6) is 0.517. The zero-order valence-corrected chi connectivity index (χ0v) is 10.6. The third-order valence-electron chi connectivity index (χ3n) is 3.87. The molecule has 1 N–H and O–H groups in total. The van der Waals surface area contributed by atoms with Crippen LogP contribution in [0.4, 0.5) is 0 Å². The molecule has 0 bridgehead atoms. The zero-order valence-electron chi connectivity index (χ0n) is 9.75. The Morgan fingerprint density at radius 1 is 1.50 bits per heavy atom. The van der Waals surface area contributed by atoms with Crippen LogP contribution in [0.15, 0.2) is 23.1 Å². The van der Waals surface area contributed by atoms with E-state index in [1.807, 2.05) is 11.8 Å². The lowest BCUT2D eigenvalue weighted by molar-refractivity contribution is -0.0528. The lowest BCUT2D eigenvalue weighted by Gasteiger charge is -2.37. The molecule has 1 aromatic rings. The summed E-state index contributed by atoms with van der Waals surface area (Å²) in [6, 6.07) is 6.64. The van der Waals surface area contributed by atoms with Crippen molar-refractivity contribution in [2.24, 2.45) is 0 Å². The van der Waals surface area contributed by atoms with Gasteiger partial charge in [0.2, 0.25) is 0 Å². The SMILES string of the molecule is CSc1cccc2c1COC1(C)CNC[C@@H]21. The van der Waals surface area contributed by atoms with Crippen LogP contribution in [0.25, 0.3) is 0 Å². The van der Waals surface area contributed by atoms with E-state index in [1.54, 1.807) is 0 Å². The van der Waals surface area contributed by atoms with Gasteiger partial charge in [0.1, 0.15) is 0 Å². The molecular formula is C13H17NOS. The van der Waals surface area contributed by atoms with E-state index in [1.165, 1.54) is 16.0 Å². The van der Waals surface area contributed by atoms with Crippen molar-refractivity contribution < 1.29 is 4.74 Å². The molecule has 1 saturated heterocycles. The Morgan fingerprint density at radius 2 is 2.38 bits per heavy atom. The Labute approximate surface area is 101 Å². The topological polar surface area (TPSA) is 21.3 Å². The van der Waals surface area contributed by atoms with E-state index >= 15 is 0 Å². The lowest BCUT2D eigenvalue weighted by atomic mass is 9.81. The van der Waals surface area contributed by atoms with Crippen molar-refractivity contribution in [2.75, 3.05) is 19.3 Å². The summed E-state index contributed by atoms with van der Waals surface area (Å²) < 4.78 is 6.08. The summed E-state index contributed by atoms with van der Waals surface area (Å²) in [5.41, 5.74) is 2.90. The number of ether oxygens (including phenoxy) is 1.